The van der Waals surface area contributed by atoms with Gasteiger partial charge in [-0.25, -0.2) is 5.21 Å². The molecule has 10 heavy (non-hydrogen) atoms. The van der Waals surface area contributed by atoms with Crippen LogP contribution in [-0.2, 0) is 0 Å². The summed E-state index contributed by atoms with van der Waals surface area (Å²) in [6, 6.07) is 0. The molecule has 0 aromatic carbocycles. The van der Waals surface area contributed by atoms with Crippen molar-refractivity contribution in [2.75, 3.05) is 7.05 Å². The van der Waals surface area contributed by atoms with E-state index in [9.17, 15) is 5.21 Å². The van der Waals surface area contributed by atoms with Gasteiger partial charge in [0.25, 0.3) is 5.84 Å². The lowest BCUT2D eigenvalue weighted by molar-refractivity contribution is -0.970. The zero-order valence-electron chi connectivity index (χ0n) is 6.15. The van der Waals surface area contributed by atoms with Crippen LogP contribution in [0.4, 0.5) is 0 Å². The molecule has 0 amide bonds. The van der Waals surface area contributed by atoms with Gasteiger partial charge in [0, 0.05) is 6.08 Å². The molecule has 0 aliphatic carbocycles. The first kappa shape index (κ1) is 7.18. The molecule has 3 heteroatoms. The Kier molecular flexibility index (Phi) is 1.70. The van der Waals surface area contributed by atoms with Gasteiger partial charge in [-0.15, -0.1) is 4.65 Å². The summed E-state index contributed by atoms with van der Waals surface area (Å²) in [4.78, 5) is 3.95. The number of rotatable bonds is 1. The Morgan fingerprint density at radius 1 is 1.70 bits per heavy atom. The molecule has 0 aromatic heterocycles. The van der Waals surface area contributed by atoms with Crippen molar-refractivity contribution < 1.29 is 9.85 Å². The second-order valence-electron chi connectivity index (χ2n) is 2.31. The Morgan fingerprint density at radius 2 is 2.40 bits per heavy atom. The van der Waals surface area contributed by atoms with Gasteiger partial charge in [0.15, 0.2) is 6.20 Å². The topological polar surface area (TPSA) is 32.6 Å². The molecule has 1 unspecified atom stereocenters. The minimum absolute atomic E-state index is 0.246. The molecular weight excluding hydrogens is 128 g/mol. The van der Waals surface area contributed by atoms with E-state index in [2.05, 4.69) is 4.99 Å². The number of quaternary nitrogens is 1. The fraction of sp³-hybridized carbons (Fsp3) is 0.286. The van der Waals surface area contributed by atoms with Crippen molar-refractivity contribution in [1.82, 2.24) is 0 Å². The number of nitrogens with zero attached hydrogens (tertiary/aromatic N) is 2. The van der Waals surface area contributed by atoms with Crippen LogP contribution in [0.5, 0.6) is 0 Å². The molecular formula is C7H11N2O+. The highest BCUT2D eigenvalue weighted by molar-refractivity contribution is 5.88. The zero-order valence-corrected chi connectivity index (χ0v) is 6.15. The molecule has 1 heterocycles. The lowest BCUT2D eigenvalue weighted by Gasteiger charge is -2.14. The number of amidine groups is 1. The highest BCUT2D eigenvalue weighted by Crippen LogP contribution is 2.09. The summed E-state index contributed by atoms with van der Waals surface area (Å²) in [6.45, 7) is 1.89. The molecule has 0 spiro atoms. The quantitative estimate of drug-likeness (QED) is 0.545. The van der Waals surface area contributed by atoms with Crippen molar-refractivity contribution in [2.24, 2.45) is 4.99 Å². The Balaban J connectivity index is 2.82. The summed E-state index contributed by atoms with van der Waals surface area (Å²) in [7, 11) is 1.66. The lowest BCUT2D eigenvalue weighted by Crippen LogP contribution is -2.37. The minimum atomic E-state index is -0.246. The number of allylic oxidation sites excluding steroid dienone is 1. The van der Waals surface area contributed by atoms with E-state index >= 15 is 0 Å². The summed E-state index contributed by atoms with van der Waals surface area (Å²) in [6.07, 6.45) is 6.82. The molecule has 1 rings (SSSR count). The molecule has 0 saturated heterocycles. The Labute approximate surface area is 60.2 Å². The summed E-state index contributed by atoms with van der Waals surface area (Å²) < 4.78 is -0.246. The summed E-state index contributed by atoms with van der Waals surface area (Å²) in [5.41, 5.74) is 0. The number of hydroxylamine groups is 3. The molecule has 0 aromatic rings. The first-order valence-corrected chi connectivity index (χ1v) is 3.14. The van der Waals surface area contributed by atoms with Gasteiger partial charge in [-0.05, 0) is 6.92 Å². The van der Waals surface area contributed by atoms with Gasteiger partial charge in [-0.3, -0.25) is 0 Å². The van der Waals surface area contributed by atoms with Gasteiger partial charge in [-0.2, -0.15) is 4.99 Å². The van der Waals surface area contributed by atoms with Crippen LogP contribution in [0.2, 0.25) is 0 Å². The van der Waals surface area contributed by atoms with Gasteiger partial charge in [-0.1, -0.05) is 6.08 Å². The Hall–Kier alpha value is -0.930. The third kappa shape index (κ3) is 1.15. The van der Waals surface area contributed by atoms with E-state index in [1.54, 1.807) is 25.5 Å². The number of likely N-dealkylation sites (N-methyl/N-ethyl adjacent to an activating group) is 1. The van der Waals surface area contributed by atoms with E-state index in [0.717, 1.165) is 0 Å². The number of hydrogen-bond donors (Lipinski definition) is 1. The van der Waals surface area contributed by atoms with Gasteiger partial charge in [0.2, 0.25) is 0 Å². The first-order valence-electron chi connectivity index (χ1n) is 3.14. The van der Waals surface area contributed by atoms with Crippen LogP contribution in [0, 0.1) is 0 Å². The van der Waals surface area contributed by atoms with Crippen molar-refractivity contribution in [3.63, 3.8) is 0 Å². The molecule has 1 aliphatic heterocycles. The van der Waals surface area contributed by atoms with Crippen LogP contribution >= 0.6 is 0 Å². The van der Waals surface area contributed by atoms with Crippen LogP contribution in [0.25, 0.3) is 0 Å². The summed E-state index contributed by atoms with van der Waals surface area (Å²) >= 11 is 0. The Morgan fingerprint density at radius 3 is 2.80 bits per heavy atom. The highest BCUT2D eigenvalue weighted by atomic mass is 16.5. The van der Waals surface area contributed by atoms with E-state index < -0.39 is 0 Å². The third-order valence-electron chi connectivity index (χ3n) is 1.34. The molecule has 54 valence electrons. The van der Waals surface area contributed by atoms with E-state index in [4.69, 9.17) is 0 Å². The van der Waals surface area contributed by atoms with E-state index in [0.29, 0.717) is 5.84 Å². The fourth-order valence-corrected chi connectivity index (χ4v) is 0.776. The van der Waals surface area contributed by atoms with E-state index in [1.807, 2.05) is 13.0 Å². The zero-order chi connectivity index (χ0) is 7.61. The second-order valence-corrected chi connectivity index (χ2v) is 2.31. The van der Waals surface area contributed by atoms with Gasteiger partial charge < -0.3 is 0 Å². The molecule has 1 atom stereocenters. The Bertz CT molecular complexity index is 214. The van der Waals surface area contributed by atoms with Crippen molar-refractivity contribution in [3.05, 3.63) is 24.6 Å². The largest absolute Gasteiger partial charge is 0.264 e. The van der Waals surface area contributed by atoms with Crippen molar-refractivity contribution >= 4 is 5.84 Å². The van der Waals surface area contributed by atoms with Gasteiger partial charge in [0.1, 0.15) is 7.05 Å². The van der Waals surface area contributed by atoms with E-state index in [-0.39, 0.29) is 4.65 Å². The molecule has 3 nitrogen and oxygen atoms in total. The van der Waals surface area contributed by atoms with Crippen LogP contribution in [0.3, 0.4) is 0 Å². The number of aliphatic imine (C=N–C) groups is 1. The maximum atomic E-state index is 9.45. The predicted octanol–water partition coefficient (Wildman–Crippen LogP) is 1.28. The molecule has 1 N–H and O–H groups in total. The van der Waals surface area contributed by atoms with Crippen molar-refractivity contribution in [3.8, 4) is 0 Å². The first-order chi connectivity index (χ1) is 4.67. The van der Waals surface area contributed by atoms with Crippen LogP contribution in [-0.4, -0.2) is 22.7 Å². The molecule has 0 saturated carbocycles. The lowest BCUT2D eigenvalue weighted by atomic mass is 10.4. The average Bonchev–Trinajstić information content (AvgIpc) is 2.13. The maximum Gasteiger partial charge on any atom is 0.264 e. The van der Waals surface area contributed by atoms with Crippen LogP contribution < -0.4 is 0 Å². The second kappa shape index (κ2) is 2.36. The average molecular weight is 139 g/mol. The van der Waals surface area contributed by atoms with E-state index in [1.165, 1.54) is 0 Å². The SMILES string of the molecule is CC=CC1=NC=C[N+]1(C)O. The molecule has 0 fully saturated rings. The predicted molar refractivity (Wildman–Crippen MR) is 39.4 cm³/mol. The van der Waals surface area contributed by atoms with Gasteiger partial charge in [0.05, 0.1) is 6.20 Å². The van der Waals surface area contributed by atoms with Gasteiger partial charge >= 0.3 is 0 Å². The normalized spacial score (nSPS) is 31.7. The standard InChI is InChI=1S/C7H11N2O/c1-3-4-7-8-5-6-9(7,2)10/h3-6,10H,1-2H3/q+1. The fourth-order valence-electron chi connectivity index (χ4n) is 0.776. The number of hydrogen-bond acceptors (Lipinski definition) is 2. The van der Waals surface area contributed by atoms with Crippen LogP contribution in [0.15, 0.2) is 29.5 Å². The smallest absolute Gasteiger partial charge is 0.205 e. The third-order valence-corrected chi connectivity index (χ3v) is 1.34. The summed E-state index contributed by atoms with van der Waals surface area (Å²) in [5, 5.41) is 9.45. The summed E-state index contributed by atoms with van der Waals surface area (Å²) in [5.74, 6) is 0.641. The highest BCUT2D eigenvalue weighted by Gasteiger charge is 2.25. The molecule has 1 aliphatic rings. The molecule has 0 bridgehead atoms. The maximum absolute atomic E-state index is 9.45. The van der Waals surface area contributed by atoms with Crippen LogP contribution in [0.1, 0.15) is 6.92 Å². The molecule has 0 radical (unpaired) electrons. The van der Waals surface area contributed by atoms with Crippen molar-refractivity contribution in [1.29, 1.82) is 0 Å². The van der Waals surface area contributed by atoms with Crippen molar-refractivity contribution in [2.45, 2.75) is 6.92 Å². The monoisotopic (exact) mass is 139 g/mol. The minimum Gasteiger partial charge on any atom is -0.205 e.